The van der Waals surface area contributed by atoms with E-state index >= 15 is 4.39 Å². The Morgan fingerprint density at radius 1 is 1.16 bits per heavy atom. The van der Waals surface area contributed by atoms with Crippen molar-refractivity contribution in [3.63, 3.8) is 0 Å². The number of halogens is 4. The van der Waals surface area contributed by atoms with Crippen LogP contribution in [0, 0.1) is 0 Å². The Labute approximate surface area is 216 Å². The Balaban J connectivity index is 1.38. The van der Waals surface area contributed by atoms with E-state index in [2.05, 4.69) is 15.0 Å². The van der Waals surface area contributed by atoms with Crippen molar-refractivity contribution in [1.29, 1.82) is 0 Å². The van der Waals surface area contributed by atoms with E-state index in [0.717, 1.165) is 12.1 Å². The summed E-state index contributed by atoms with van der Waals surface area (Å²) in [5.41, 5.74) is 2.08. The van der Waals surface area contributed by atoms with Crippen LogP contribution >= 0.6 is 0 Å². The molecule has 1 aliphatic heterocycles. The van der Waals surface area contributed by atoms with Gasteiger partial charge in [-0.05, 0) is 35.9 Å². The van der Waals surface area contributed by atoms with Crippen molar-refractivity contribution in [2.24, 2.45) is 7.05 Å². The predicted molar refractivity (Wildman–Crippen MR) is 129 cm³/mol. The lowest BCUT2D eigenvalue weighted by molar-refractivity contribution is -0.274. The van der Waals surface area contributed by atoms with Crippen LogP contribution in [-0.4, -0.2) is 65.0 Å². The maximum atomic E-state index is 15.1. The van der Waals surface area contributed by atoms with E-state index in [-0.39, 0.29) is 48.9 Å². The number of likely N-dealkylation sites (tertiary alicyclic amines) is 1. The lowest BCUT2D eigenvalue weighted by atomic mass is 10.0. The molecular formula is C26H26F4N4O4. The number of nitrogens with zero attached hydrogens (tertiary/aromatic N) is 3. The minimum atomic E-state index is -4.80. The van der Waals surface area contributed by atoms with E-state index < -0.39 is 24.5 Å². The molecule has 2 atom stereocenters. The van der Waals surface area contributed by atoms with Gasteiger partial charge in [-0.1, -0.05) is 12.1 Å². The number of nitrogens with one attached hydrogen (secondary N) is 1. The number of hydrogen-bond acceptors (Lipinski definition) is 5. The van der Waals surface area contributed by atoms with Crippen molar-refractivity contribution in [1.82, 2.24) is 19.8 Å². The Kier molecular flexibility index (Phi) is 7.88. The first-order chi connectivity index (χ1) is 18.0. The summed E-state index contributed by atoms with van der Waals surface area (Å²) in [5.74, 6) is -0.925. The SMILES string of the molecule is CNC(=O)c1cc(-c2cn(C)cn2)ccc1OC1CCN(C(=O)Cc2ccc(OC(F)(F)F)cc2)C[C@H]1F. The first-order valence-electron chi connectivity index (χ1n) is 11.8. The van der Waals surface area contributed by atoms with Crippen LogP contribution in [0.3, 0.4) is 0 Å². The van der Waals surface area contributed by atoms with Gasteiger partial charge in [0, 0.05) is 38.8 Å². The van der Waals surface area contributed by atoms with Gasteiger partial charge in [0.25, 0.3) is 5.91 Å². The summed E-state index contributed by atoms with van der Waals surface area (Å²) in [6.07, 6.45) is -3.65. The van der Waals surface area contributed by atoms with Crippen molar-refractivity contribution in [3.05, 3.63) is 66.1 Å². The average Bonchev–Trinajstić information content (AvgIpc) is 3.31. The van der Waals surface area contributed by atoms with Crippen molar-refractivity contribution in [3.8, 4) is 22.8 Å². The number of piperidine rings is 1. The van der Waals surface area contributed by atoms with Gasteiger partial charge >= 0.3 is 6.36 Å². The molecule has 1 saturated heterocycles. The summed E-state index contributed by atoms with van der Waals surface area (Å²) >= 11 is 0. The summed E-state index contributed by atoms with van der Waals surface area (Å²) in [6.45, 7) is 0.0145. The third kappa shape index (κ3) is 6.61. The van der Waals surface area contributed by atoms with Gasteiger partial charge in [-0.2, -0.15) is 0 Å². The number of hydrogen-bond donors (Lipinski definition) is 1. The summed E-state index contributed by atoms with van der Waals surface area (Å²) in [6, 6.07) is 9.93. The summed E-state index contributed by atoms with van der Waals surface area (Å²) in [7, 11) is 3.31. The number of aromatic nitrogens is 2. The Hall–Kier alpha value is -4.09. The van der Waals surface area contributed by atoms with Gasteiger partial charge in [-0.25, -0.2) is 9.37 Å². The molecule has 1 aromatic heterocycles. The van der Waals surface area contributed by atoms with Gasteiger partial charge < -0.3 is 24.3 Å². The largest absolute Gasteiger partial charge is 0.573 e. The van der Waals surface area contributed by atoms with Gasteiger partial charge in [-0.15, -0.1) is 13.2 Å². The molecule has 0 aliphatic carbocycles. The van der Waals surface area contributed by atoms with E-state index in [1.807, 2.05) is 7.05 Å². The minimum Gasteiger partial charge on any atom is -0.486 e. The van der Waals surface area contributed by atoms with E-state index in [0.29, 0.717) is 16.8 Å². The molecule has 202 valence electrons. The molecule has 1 fully saturated rings. The zero-order chi connectivity index (χ0) is 27.4. The number of aryl methyl sites for hydroxylation is 1. The van der Waals surface area contributed by atoms with E-state index in [9.17, 15) is 22.8 Å². The molecule has 2 aromatic carbocycles. The molecule has 4 rings (SSSR count). The molecule has 0 bridgehead atoms. The van der Waals surface area contributed by atoms with Crippen LogP contribution < -0.4 is 14.8 Å². The monoisotopic (exact) mass is 534 g/mol. The highest BCUT2D eigenvalue weighted by atomic mass is 19.4. The maximum absolute atomic E-state index is 15.1. The van der Waals surface area contributed by atoms with Crippen molar-refractivity contribution >= 4 is 11.8 Å². The fourth-order valence-corrected chi connectivity index (χ4v) is 4.17. The molecular weight excluding hydrogens is 508 g/mol. The average molecular weight is 535 g/mol. The number of amides is 2. The van der Waals surface area contributed by atoms with E-state index in [4.69, 9.17) is 4.74 Å². The molecule has 1 N–H and O–H groups in total. The summed E-state index contributed by atoms with van der Waals surface area (Å²) < 4.78 is 63.6. The van der Waals surface area contributed by atoms with E-state index in [1.165, 1.54) is 24.1 Å². The quantitative estimate of drug-likeness (QED) is 0.465. The second-order valence-electron chi connectivity index (χ2n) is 8.88. The molecule has 1 aliphatic rings. The van der Waals surface area contributed by atoms with Gasteiger partial charge in [0.1, 0.15) is 17.6 Å². The molecule has 0 radical (unpaired) electrons. The molecule has 0 saturated carbocycles. The Morgan fingerprint density at radius 2 is 1.89 bits per heavy atom. The zero-order valence-electron chi connectivity index (χ0n) is 20.7. The first-order valence-corrected chi connectivity index (χ1v) is 11.8. The van der Waals surface area contributed by atoms with Crippen LogP contribution in [0.25, 0.3) is 11.3 Å². The first kappa shape index (κ1) is 27.0. The zero-order valence-corrected chi connectivity index (χ0v) is 20.7. The second-order valence-corrected chi connectivity index (χ2v) is 8.88. The van der Waals surface area contributed by atoms with Gasteiger partial charge in [-0.3, -0.25) is 9.59 Å². The standard InChI is InChI=1S/C26H26F4N4O4/c1-31-25(36)19-12-17(21-14-33(2)15-32-21)5-8-22(19)37-23-9-10-34(13-20(23)27)24(35)11-16-3-6-18(7-4-16)38-26(28,29)30/h3-8,12,14-15,20,23H,9-11,13H2,1-2H3,(H,31,36)/t20-,23?/m1/s1. The number of rotatable bonds is 7. The highest BCUT2D eigenvalue weighted by molar-refractivity contribution is 5.98. The number of carbonyl (C=O) groups excluding carboxylic acids is 2. The van der Waals surface area contributed by atoms with Crippen molar-refractivity contribution < 1.29 is 36.6 Å². The van der Waals surface area contributed by atoms with Gasteiger partial charge in [0.15, 0.2) is 6.17 Å². The topological polar surface area (TPSA) is 85.7 Å². The highest BCUT2D eigenvalue weighted by Gasteiger charge is 2.34. The second kappa shape index (κ2) is 11.1. The number of imidazole rings is 1. The van der Waals surface area contributed by atoms with Crippen LogP contribution in [0.4, 0.5) is 17.6 Å². The van der Waals surface area contributed by atoms with Crippen molar-refractivity contribution in [2.45, 2.75) is 31.5 Å². The number of carbonyl (C=O) groups is 2. The predicted octanol–water partition coefficient (Wildman–Crippen LogP) is 3.91. The summed E-state index contributed by atoms with van der Waals surface area (Å²) in [5, 5.41) is 2.56. The Morgan fingerprint density at radius 3 is 2.50 bits per heavy atom. The fourth-order valence-electron chi connectivity index (χ4n) is 4.17. The van der Waals surface area contributed by atoms with Crippen LogP contribution in [0.1, 0.15) is 22.3 Å². The minimum absolute atomic E-state index is 0.0969. The third-order valence-electron chi connectivity index (χ3n) is 6.08. The van der Waals surface area contributed by atoms with Gasteiger partial charge in [0.2, 0.25) is 5.91 Å². The molecule has 0 spiro atoms. The third-order valence-corrected chi connectivity index (χ3v) is 6.08. The van der Waals surface area contributed by atoms with Crippen LogP contribution in [0.2, 0.25) is 0 Å². The molecule has 1 unspecified atom stereocenters. The summed E-state index contributed by atoms with van der Waals surface area (Å²) in [4.78, 5) is 30.9. The maximum Gasteiger partial charge on any atom is 0.573 e. The van der Waals surface area contributed by atoms with Crippen molar-refractivity contribution in [2.75, 3.05) is 20.1 Å². The molecule has 2 amide bonds. The van der Waals surface area contributed by atoms with Gasteiger partial charge in [0.05, 0.1) is 30.6 Å². The highest BCUT2D eigenvalue weighted by Crippen LogP contribution is 2.29. The number of alkyl halides is 4. The number of ether oxygens (including phenoxy) is 2. The normalized spacial score (nSPS) is 17.7. The smallest absolute Gasteiger partial charge is 0.486 e. The van der Waals surface area contributed by atoms with Crippen LogP contribution in [-0.2, 0) is 18.3 Å². The Bertz CT molecular complexity index is 1290. The van der Waals surface area contributed by atoms with E-state index in [1.54, 1.807) is 35.3 Å². The molecule has 8 nitrogen and oxygen atoms in total. The lowest BCUT2D eigenvalue weighted by Crippen LogP contribution is -2.49. The van der Waals surface area contributed by atoms with Crippen LogP contribution in [0.5, 0.6) is 11.5 Å². The molecule has 2 heterocycles. The molecule has 3 aromatic rings. The molecule has 12 heteroatoms. The number of benzene rings is 2. The lowest BCUT2D eigenvalue weighted by Gasteiger charge is -2.35. The fraction of sp³-hybridized carbons (Fsp3) is 0.346. The molecule has 38 heavy (non-hydrogen) atoms. The van der Waals surface area contributed by atoms with Crippen LogP contribution in [0.15, 0.2) is 55.0 Å².